The summed E-state index contributed by atoms with van der Waals surface area (Å²) in [5, 5.41) is 7.71. The van der Waals surface area contributed by atoms with Crippen molar-refractivity contribution in [2.75, 3.05) is 4.90 Å². The fourth-order valence-electron chi connectivity index (χ4n) is 8.12. The zero-order valence-electron chi connectivity index (χ0n) is 29.8. The van der Waals surface area contributed by atoms with Gasteiger partial charge in [-0.3, -0.25) is 0 Å². The van der Waals surface area contributed by atoms with E-state index in [1.807, 2.05) is 22.7 Å². The molecule has 2 heterocycles. The van der Waals surface area contributed by atoms with Crippen molar-refractivity contribution in [2.45, 2.75) is 0 Å². The van der Waals surface area contributed by atoms with Crippen molar-refractivity contribution >= 4 is 90.9 Å². The van der Waals surface area contributed by atoms with Crippen LogP contribution in [0.5, 0.6) is 0 Å². The summed E-state index contributed by atoms with van der Waals surface area (Å²) in [5.41, 5.74) is 10.6. The quantitative estimate of drug-likeness (QED) is 0.164. The molecule has 0 saturated heterocycles. The number of hydrogen-bond donors (Lipinski definition) is 0. The van der Waals surface area contributed by atoms with Crippen molar-refractivity contribution < 1.29 is 0 Å². The highest BCUT2D eigenvalue weighted by molar-refractivity contribution is 7.26. The smallest absolute Gasteiger partial charge is 0.0640 e. The Hall–Kier alpha value is -6.52. The van der Waals surface area contributed by atoms with Gasteiger partial charge in [-0.15, -0.1) is 22.7 Å². The van der Waals surface area contributed by atoms with Crippen molar-refractivity contribution in [3.8, 4) is 33.4 Å². The first-order valence-electron chi connectivity index (χ1n) is 18.7. The lowest BCUT2D eigenvalue weighted by Gasteiger charge is -2.27. The highest BCUT2D eigenvalue weighted by atomic mass is 32.1. The second kappa shape index (κ2) is 13.1. The minimum Gasteiger partial charge on any atom is -0.309 e. The summed E-state index contributed by atoms with van der Waals surface area (Å²) in [4.78, 5) is 2.47. The third-order valence-corrected chi connectivity index (χ3v) is 13.2. The van der Waals surface area contributed by atoms with Crippen LogP contribution in [0.15, 0.2) is 200 Å². The van der Waals surface area contributed by atoms with E-state index < -0.39 is 0 Å². The van der Waals surface area contributed by atoms with Gasteiger partial charge in [-0.05, 0) is 111 Å². The zero-order valence-corrected chi connectivity index (χ0v) is 31.4. The Balaban J connectivity index is 1.13. The standard InChI is InChI=1S/C52H33NS2/c1-2-11-34(12-3-1)40-30-41(39-25-28-51-47(33-39)45-16-7-8-19-49(45)54-51)32-43(31-40)53(48-18-10-17-46-44-15-6-9-20-50(44)55-52(46)48)42-26-23-36(24-27-42)38-22-21-35-13-4-5-14-37(35)29-38/h1-33H. The van der Waals surface area contributed by atoms with Crippen molar-refractivity contribution in [3.63, 3.8) is 0 Å². The Morgan fingerprint density at radius 2 is 0.873 bits per heavy atom. The summed E-state index contributed by atoms with van der Waals surface area (Å²) in [5.74, 6) is 0. The molecule has 0 aliphatic rings. The van der Waals surface area contributed by atoms with Crippen LogP contribution >= 0.6 is 22.7 Å². The number of thiophene rings is 2. The van der Waals surface area contributed by atoms with Crippen molar-refractivity contribution in [2.24, 2.45) is 0 Å². The van der Waals surface area contributed by atoms with E-state index in [-0.39, 0.29) is 0 Å². The average molecular weight is 736 g/mol. The van der Waals surface area contributed by atoms with Crippen LogP contribution in [0.2, 0.25) is 0 Å². The van der Waals surface area contributed by atoms with Crippen LogP contribution in [0.4, 0.5) is 17.1 Å². The van der Waals surface area contributed by atoms with Gasteiger partial charge >= 0.3 is 0 Å². The first-order chi connectivity index (χ1) is 27.2. The maximum Gasteiger partial charge on any atom is 0.0640 e. The Morgan fingerprint density at radius 3 is 1.69 bits per heavy atom. The fourth-order valence-corrected chi connectivity index (χ4v) is 10.4. The molecular formula is C52H33NS2. The minimum absolute atomic E-state index is 1.12. The van der Waals surface area contributed by atoms with Gasteiger partial charge in [0, 0.05) is 47.0 Å². The molecule has 0 bridgehead atoms. The summed E-state index contributed by atoms with van der Waals surface area (Å²) < 4.78 is 5.21. The third-order valence-electron chi connectivity index (χ3n) is 10.8. The highest BCUT2D eigenvalue weighted by Gasteiger charge is 2.20. The summed E-state index contributed by atoms with van der Waals surface area (Å²) in [7, 11) is 0. The second-order valence-electron chi connectivity index (χ2n) is 14.1. The summed E-state index contributed by atoms with van der Waals surface area (Å²) in [6.07, 6.45) is 0. The number of rotatable bonds is 6. The molecule has 55 heavy (non-hydrogen) atoms. The number of fused-ring (bicyclic) bond motifs is 7. The van der Waals surface area contributed by atoms with Crippen LogP contribution < -0.4 is 4.90 Å². The molecule has 0 N–H and O–H groups in total. The van der Waals surface area contributed by atoms with Crippen LogP contribution in [0.3, 0.4) is 0 Å². The van der Waals surface area contributed by atoms with E-state index in [9.17, 15) is 0 Å². The van der Waals surface area contributed by atoms with Gasteiger partial charge in [-0.25, -0.2) is 0 Å². The normalized spacial score (nSPS) is 11.6. The van der Waals surface area contributed by atoms with E-state index in [4.69, 9.17) is 0 Å². The molecule has 9 aromatic carbocycles. The van der Waals surface area contributed by atoms with Crippen LogP contribution in [0.1, 0.15) is 0 Å². The van der Waals surface area contributed by atoms with E-state index in [0.29, 0.717) is 0 Å². The van der Waals surface area contributed by atoms with E-state index in [1.165, 1.54) is 90.2 Å². The number of hydrogen-bond acceptors (Lipinski definition) is 3. The Labute approximate surface area is 327 Å². The van der Waals surface area contributed by atoms with Gasteiger partial charge in [0.15, 0.2) is 0 Å². The molecule has 0 saturated carbocycles. The van der Waals surface area contributed by atoms with Crippen LogP contribution in [-0.4, -0.2) is 0 Å². The van der Waals surface area contributed by atoms with Gasteiger partial charge in [0.2, 0.25) is 0 Å². The predicted octanol–water partition coefficient (Wildman–Crippen LogP) is 16.0. The van der Waals surface area contributed by atoms with Gasteiger partial charge in [0.1, 0.15) is 0 Å². The Morgan fingerprint density at radius 1 is 0.291 bits per heavy atom. The van der Waals surface area contributed by atoms with Gasteiger partial charge < -0.3 is 4.90 Å². The SMILES string of the molecule is c1ccc(-c2cc(-c3ccc4sc5ccccc5c4c3)cc(N(c3ccc(-c4ccc5ccccc5c4)cc3)c3cccc4c3sc3ccccc34)c2)cc1. The van der Waals surface area contributed by atoms with Crippen LogP contribution in [-0.2, 0) is 0 Å². The molecular weight excluding hydrogens is 703 g/mol. The van der Waals surface area contributed by atoms with Crippen molar-refractivity contribution in [3.05, 3.63) is 200 Å². The molecule has 3 heteroatoms. The largest absolute Gasteiger partial charge is 0.309 e. The van der Waals surface area contributed by atoms with Crippen LogP contribution in [0.25, 0.3) is 84.5 Å². The van der Waals surface area contributed by atoms with Gasteiger partial charge in [0.25, 0.3) is 0 Å². The maximum absolute atomic E-state index is 2.47. The first-order valence-corrected chi connectivity index (χ1v) is 20.3. The van der Waals surface area contributed by atoms with E-state index >= 15 is 0 Å². The van der Waals surface area contributed by atoms with Gasteiger partial charge in [-0.1, -0.05) is 133 Å². The Kier molecular flexibility index (Phi) is 7.61. The number of nitrogens with zero attached hydrogens (tertiary/aromatic N) is 1. The van der Waals surface area contributed by atoms with E-state index in [1.54, 1.807) is 0 Å². The molecule has 0 radical (unpaired) electrons. The van der Waals surface area contributed by atoms with Crippen LogP contribution in [0, 0.1) is 0 Å². The van der Waals surface area contributed by atoms with E-state index in [0.717, 1.165) is 11.4 Å². The molecule has 0 fully saturated rings. The lowest BCUT2D eigenvalue weighted by atomic mass is 9.96. The summed E-state index contributed by atoms with van der Waals surface area (Å²) in [6, 6.07) is 73.6. The highest BCUT2D eigenvalue weighted by Crippen LogP contribution is 2.47. The third kappa shape index (κ3) is 5.60. The molecule has 0 aliphatic heterocycles. The molecule has 0 spiro atoms. The molecule has 11 rings (SSSR count). The molecule has 2 aromatic heterocycles. The Bertz CT molecular complexity index is 3210. The molecule has 1 nitrogen and oxygen atoms in total. The lowest BCUT2D eigenvalue weighted by molar-refractivity contribution is 1.30. The monoisotopic (exact) mass is 735 g/mol. The molecule has 0 amide bonds. The predicted molar refractivity (Wildman–Crippen MR) is 241 cm³/mol. The summed E-state index contributed by atoms with van der Waals surface area (Å²) in [6.45, 7) is 0. The first kappa shape index (κ1) is 32.0. The molecule has 0 aliphatic carbocycles. The molecule has 11 aromatic rings. The fraction of sp³-hybridized carbons (Fsp3) is 0. The van der Waals surface area contributed by atoms with Crippen molar-refractivity contribution in [1.29, 1.82) is 0 Å². The van der Waals surface area contributed by atoms with Crippen molar-refractivity contribution in [1.82, 2.24) is 0 Å². The zero-order chi connectivity index (χ0) is 36.3. The lowest BCUT2D eigenvalue weighted by Crippen LogP contribution is -2.10. The number of benzene rings is 9. The van der Waals surface area contributed by atoms with Gasteiger partial charge in [-0.2, -0.15) is 0 Å². The minimum atomic E-state index is 1.12. The molecule has 0 atom stereocenters. The van der Waals surface area contributed by atoms with Gasteiger partial charge in [0.05, 0.1) is 10.4 Å². The average Bonchev–Trinajstić information content (AvgIpc) is 3.83. The maximum atomic E-state index is 2.47. The van der Waals surface area contributed by atoms with E-state index in [2.05, 4.69) is 205 Å². The topological polar surface area (TPSA) is 3.24 Å². The number of anilines is 3. The summed E-state index contributed by atoms with van der Waals surface area (Å²) >= 11 is 3.73. The molecule has 0 unspecified atom stereocenters. The second-order valence-corrected chi connectivity index (χ2v) is 16.3. The molecule has 258 valence electrons.